The molecule has 0 radical (unpaired) electrons. The number of hydrogen-bond acceptors (Lipinski definition) is 2. The molecular formula is C20H23N3O2. The third-order valence-corrected chi connectivity index (χ3v) is 4.26. The number of fused-ring (bicyclic) bond motifs is 1. The SMILES string of the molecule is COCCNC(=O)NCC(c1ccccc1)c1c[nH]c2ccccc12. The molecule has 3 rings (SSSR count). The first-order chi connectivity index (χ1) is 12.3. The first-order valence-corrected chi connectivity index (χ1v) is 8.41. The molecule has 0 aliphatic heterocycles. The van der Waals surface area contributed by atoms with E-state index in [1.54, 1.807) is 7.11 Å². The zero-order chi connectivity index (χ0) is 17.5. The second-order valence-electron chi connectivity index (χ2n) is 5.88. The van der Waals surface area contributed by atoms with E-state index in [1.165, 1.54) is 16.5 Å². The Bertz CT molecular complexity index is 814. The van der Waals surface area contributed by atoms with Crippen molar-refractivity contribution in [3.63, 3.8) is 0 Å². The van der Waals surface area contributed by atoms with Gasteiger partial charge in [0.05, 0.1) is 6.61 Å². The molecule has 5 nitrogen and oxygen atoms in total. The van der Waals surface area contributed by atoms with Crippen LogP contribution in [0.3, 0.4) is 0 Å². The van der Waals surface area contributed by atoms with E-state index < -0.39 is 0 Å². The Hall–Kier alpha value is -2.79. The monoisotopic (exact) mass is 337 g/mol. The number of methoxy groups -OCH3 is 1. The summed E-state index contributed by atoms with van der Waals surface area (Å²) < 4.78 is 4.95. The molecule has 3 aromatic rings. The molecule has 5 heteroatoms. The summed E-state index contributed by atoms with van der Waals surface area (Å²) in [4.78, 5) is 15.3. The van der Waals surface area contributed by atoms with Crippen LogP contribution in [0.2, 0.25) is 0 Å². The lowest BCUT2D eigenvalue weighted by Gasteiger charge is -2.18. The number of hydrogen-bond donors (Lipinski definition) is 3. The molecule has 0 saturated heterocycles. The maximum atomic E-state index is 12.0. The fraction of sp³-hybridized carbons (Fsp3) is 0.250. The third-order valence-electron chi connectivity index (χ3n) is 4.26. The second-order valence-corrected chi connectivity index (χ2v) is 5.88. The minimum absolute atomic E-state index is 0.0746. The number of carbonyl (C=O) groups excluding carboxylic acids is 1. The van der Waals surface area contributed by atoms with Gasteiger partial charge in [0.1, 0.15) is 0 Å². The Labute approximate surface area is 147 Å². The van der Waals surface area contributed by atoms with Crippen LogP contribution in [0.1, 0.15) is 17.0 Å². The summed E-state index contributed by atoms with van der Waals surface area (Å²) in [6.07, 6.45) is 2.03. The van der Waals surface area contributed by atoms with Crippen molar-refractivity contribution in [2.75, 3.05) is 26.8 Å². The Balaban J connectivity index is 1.80. The zero-order valence-electron chi connectivity index (χ0n) is 14.3. The molecule has 1 heterocycles. The minimum atomic E-state index is -0.183. The predicted octanol–water partition coefficient (Wildman–Crippen LogP) is 3.25. The van der Waals surface area contributed by atoms with Gasteiger partial charge in [0.15, 0.2) is 0 Å². The van der Waals surface area contributed by atoms with E-state index in [1.807, 2.05) is 36.5 Å². The van der Waals surface area contributed by atoms with Gasteiger partial charge < -0.3 is 20.4 Å². The van der Waals surface area contributed by atoms with E-state index in [0.717, 1.165) is 5.52 Å². The average Bonchev–Trinajstić information content (AvgIpc) is 3.07. The van der Waals surface area contributed by atoms with Gasteiger partial charge in [-0.05, 0) is 17.2 Å². The highest BCUT2D eigenvalue weighted by atomic mass is 16.5. The third kappa shape index (κ3) is 4.19. The number of aromatic nitrogens is 1. The lowest BCUT2D eigenvalue weighted by Crippen LogP contribution is -2.39. The number of H-pyrrole nitrogens is 1. The van der Waals surface area contributed by atoms with Crippen molar-refractivity contribution in [2.45, 2.75) is 5.92 Å². The number of amides is 2. The van der Waals surface area contributed by atoms with Gasteiger partial charge in [-0.3, -0.25) is 0 Å². The van der Waals surface area contributed by atoms with Crippen molar-refractivity contribution in [3.8, 4) is 0 Å². The second kappa shape index (κ2) is 8.35. The van der Waals surface area contributed by atoms with E-state index in [4.69, 9.17) is 4.74 Å². The Kier molecular flexibility index (Phi) is 5.69. The van der Waals surface area contributed by atoms with Gasteiger partial charge >= 0.3 is 6.03 Å². The fourth-order valence-electron chi connectivity index (χ4n) is 3.00. The van der Waals surface area contributed by atoms with Crippen LogP contribution in [-0.2, 0) is 4.74 Å². The van der Waals surface area contributed by atoms with Gasteiger partial charge in [-0.2, -0.15) is 0 Å². The highest BCUT2D eigenvalue weighted by Crippen LogP contribution is 2.30. The highest BCUT2D eigenvalue weighted by molar-refractivity contribution is 5.84. The molecule has 0 aliphatic rings. The van der Waals surface area contributed by atoms with Gasteiger partial charge in [0.2, 0.25) is 0 Å². The van der Waals surface area contributed by atoms with Crippen molar-refractivity contribution in [1.82, 2.24) is 15.6 Å². The van der Waals surface area contributed by atoms with Crippen LogP contribution in [0.15, 0.2) is 60.8 Å². The van der Waals surface area contributed by atoms with Gasteiger partial charge in [-0.25, -0.2) is 4.79 Å². The molecule has 1 atom stereocenters. The zero-order valence-corrected chi connectivity index (χ0v) is 14.3. The van der Waals surface area contributed by atoms with Crippen molar-refractivity contribution >= 4 is 16.9 Å². The molecule has 0 spiro atoms. The summed E-state index contributed by atoms with van der Waals surface area (Å²) in [5, 5.41) is 6.94. The number of aromatic amines is 1. The van der Waals surface area contributed by atoms with Crippen molar-refractivity contribution < 1.29 is 9.53 Å². The molecule has 3 N–H and O–H groups in total. The van der Waals surface area contributed by atoms with E-state index >= 15 is 0 Å². The largest absolute Gasteiger partial charge is 0.383 e. The summed E-state index contributed by atoms with van der Waals surface area (Å²) in [7, 11) is 1.61. The van der Waals surface area contributed by atoms with Crippen molar-refractivity contribution in [1.29, 1.82) is 0 Å². The Morgan fingerprint density at radius 1 is 1.08 bits per heavy atom. The number of benzene rings is 2. The standard InChI is InChI=1S/C20H23N3O2/c1-25-12-11-21-20(24)23-13-17(15-7-3-2-4-8-15)18-14-22-19-10-6-5-9-16(18)19/h2-10,14,17,22H,11-13H2,1H3,(H2,21,23,24). The highest BCUT2D eigenvalue weighted by Gasteiger charge is 2.18. The van der Waals surface area contributed by atoms with Gasteiger partial charge in [0.25, 0.3) is 0 Å². The number of nitrogens with one attached hydrogen (secondary N) is 3. The van der Waals surface area contributed by atoms with E-state index in [0.29, 0.717) is 19.7 Å². The topological polar surface area (TPSA) is 66.2 Å². The first kappa shape index (κ1) is 17.0. The summed E-state index contributed by atoms with van der Waals surface area (Å²) in [5.41, 5.74) is 3.45. The van der Waals surface area contributed by atoms with Crippen LogP contribution in [0, 0.1) is 0 Å². The maximum absolute atomic E-state index is 12.0. The molecule has 1 aromatic heterocycles. The van der Waals surface area contributed by atoms with Crippen LogP contribution >= 0.6 is 0 Å². The fourth-order valence-corrected chi connectivity index (χ4v) is 3.00. The van der Waals surface area contributed by atoms with Gasteiger partial charge in [-0.15, -0.1) is 0 Å². The minimum Gasteiger partial charge on any atom is -0.383 e. The van der Waals surface area contributed by atoms with Crippen LogP contribution < -0.4 is 10.6 Å². The smallest absolute Gasteiger partial charge is 0.314 e. The maximum Gasteiger partial charge on any atom is 0.314 e. The molecule has 2 aromatic carbocycles. The summed E-state index contributed by atoms with van der Waals surface area (Å²) in [5.74, 6) is 0.0746. The van der Waals surface area contributed by atoms with E-state index in [9.17, 15) is 4.79 Å². The number of rotatable bonds is 7. The summed E-state index contributed by atoms with van der Waals surface area (Å²) in [6.45, 7) is 1.51. The normalized spacial score (nSPS) is 12.0. The average molecular weight is 337 g/mol. The number of urea groups is 1. The molecule has 0 saturated carbocycles. The molecular weight excluding hydrogens is 314 g/mol. The summed E-state index contributed by atoms with van der Waals surface area (Å²) >= 11 is 0. The Morgan fingerprint density at radius 2 is 1.84 bits per heavy atom. The lowest BCUT2D eigenvalue weighted by molar-refractivity contribution is 0.196. The summed E-state index contributed by atoms with van der Waals surface area (Å²) in [6, 6.07) is 18.3. The molecule has 0 aliphatic carbocycles. The quantitative estimate of drug-likeness (QED) is 0.580. The van der Waals surface area contributed by atoms with Gasteiger partial charge in [0, 0.05) is 43.2 Å². The number of ether oxygens (including phenoxy) is 1. The molecule has 1 unspecified atom stereocenters. The van der Waals surface area contributed by atoms with Crippen molar-refractivity contribution in [2.24, 2.45) is 0 Å². The van der Waals surface area contributed by atoms with Gasteiger partial charge in [-0.1, -0.05) is 48.5 Å². The molecule has 25 heavy (non-hydrogen) atoms. The molecule has 2 amide bonds. The molecule has 0 fully saturated rings. The number of para-hydroxylation sites is 1. The predicted molar refractivity (Wildman–Crippen MR) is 99.9 cm³/mol. The molecule has 0 bridgehead atoms. The van der Waals surface area contributed by atoms with E-state index in [-0.39, 0.29) is 11.9 Å². The van der Waals surface area contributed by atoms with E-state index in [2.05, 4.69) is 39.9 Å². The Morgan fingerprint density at radius 3 is 2.64 bits per heavy atom. The van der Waals surface area contributed by atoms with Crippen LogP contribution in [0.5, 0.6) is 0 Å². The molecule has 130 valence electrons. The first-order valence-electron chi connectivity index (χ1n) is 8.41. The number of carbonyl (C=O) groups is 1. The lowest BCUT2D eigenvalue weighted by atomic mass is 9.91. The van der Waals surface area contributed by atoms with Crippen LogP contribution in [0.4, 0.5) is 4.79 Å². The van der Waals surface area contributed by atoms with Crippen molar-refractivity contribution in [3.05, 3.63) is 71.9 Å². The van der Waals surface area contributed by atoms with Crippen LogP contribution in [0.25, 0.3) is 10.9 Å². The van der Waals surface area contributed by atoms with Crippen LogP contribution in [-0.4, -0.2) is 37.8 Å².